The average Bonchev–Trinajstić information content (AvgIpc) is 3.52. The van der Waals surface area contributed by atoms with Gasteiger partial charge in [-0.05, 0) is 74.5 Å². The number of hydrogen-bond acceptors (Lipinski definition) is 1. The van der Waals surface area contributed by atoms with Crippen LogP contribution in [0, 0.1) is 0 Å². The Bertz CT molecular complexity index is 2260. The van der Waals surface area contributed by atoms with E-state index in [4.69, 9.17) is 4.98 Å². The van der Waals surface area contributed by atoms with Gasteiger partial charge < -0.3 is 4.57 Å². The number of rotatable bonds is 2. The Morgan fingerprint density at radius 3 is 2.13 bits per heavy atom. The van der Waals surface area contributed by atoms with Crippen LogP contribution in [0.5, 0.6) is 0 Å². The van der Waals surface area contributed by atoms with Crippen LogP contribution in [0.25, 0.3) is 82.5 Å². The van der Waals surface area contributed by atoms with Gasteiger partial charge in [-0.2, -0.15) is 0 Å². The van der Waals surface area contributed by atoms with Crippen molar-refractivity contribution in [2.45, 2.75) is 0 Å². The first-order chi connectivity index (χ1) is 19.4. The Balaban J connectivity index is 1.31. The summed E-state index contributed by atoms with van der Waals surface area (Å²) >= 11 is 0. The van der Waals surface area contributed by atoms with Gasteiger partial charge in [0.25, 0.3) is 0 Å². The van der Waals surface area contributed by atoms with Crippen LogP contribution in [0.1, 0.15) is 0 Å². The van der Waals surface area contributed by atoms with Crippen LogP contribution in [0.2, 0.25) is 0 Å². The van der Waals surface area contributed by atoms with Crippen molar-refractivity contribution in [2.75, 3.05) is 0 Å². The van der Waals surface area contributed by atoms with Crippen molar-refractivity contribution in [3.8, 4) is 39.1 Å². The predicted molar refractivity (Wildman–Crippen MR) is 163 cm³/mol. The lowest BCUT2D eigenvalue weighted by Crippen LogP contribution is -1.94. The van der Waals surface area contributed by atoms with E-state index in [0.29, 0.717) is 0 Å². The normalized spacial score (nSPS) is 12.1. The van der Waals surface area contributed by atoms with E-state index in [1.807, 2.05) is 12.3 Å². The highest BCUT2D eigenvalue weighted by molar-refractivity contribution is 6.20. The number of pyridine rings is 1. The van der Waals surface area contributed by atoms with Crippen LogP contribution in [0.15, 0.2) is 134 Å². The van der Waals surface area contributed by atoms with E-state index in [-0.39, 0.29) is 0 Å². The fourth-order valence-electron chi connectivity index (χ4n) is 6.75. The molecule has 0 radical (unpaired) electrons. The maximum atomic E-state index is 4.79. The lowest BCUT2D eigenvalue weighted by Gasteiger charge is -2.13. The van der Waals surface area contributed by atoms with E-state index in [1.165, 1.54) is 66.0 Å². The topological polar surface area (TPSA) is 17.8 Å². The van der Waals surface area contributed by atoms with Gasteiger partial charge in [-0.25, -0.2) is 0 Å². The summed E-state index contributed by atoms with van der Waals surface area (Å²) in [5, 5.41) is 6.25. The van der Waals surface area contributed by atoms with E-state index >= 15 is 0 Å². The Morgan fingerprint density at radius 1 is 0.462 bits per heavy atom. The molecule has 0 saturated heterocycles. The second kappa shape index (κ2) is 7.66. The number of hydrogen-bond donors (Lipinski definition) is 0. The molecule has 0 N–H and O–H groups in total. The molecule has 39 heavy (non-hydrogen) atoms. The highest BCUT2D eigenvalue weighted by atomic mass is 15.0. The maximum absolute atomic E-state index is 4.79. The molecule has 0 atom stereocenters. The van der Waals surface area contributed by atoms with Gasteiger partial charge in [0.05, 0.1) is 16.6 Å². The predicted octanol–water partition coefficient (Wildman–Crippen LogP) is 9.80. The Morgan fingerprint density at radius 2 is 1.21 bits per heavy atom. The highest BCUT2D eigenvalue weighted by Crippen LogP contribution is 2.49. The standard InChI is InChI=1S/C37H22N2/c1-2-12-28-27(11-1)30-15-6-14-29-26(18-19-31(28)35(29)30)24-8-5-10-25(22-24)39-33-16-4-3-13-32(33)36-34(39)20-17-23-9-7-21-38-37(23)36/h1-22H. The molecule has 9 rings (SSSR count). The van der Waals surface area contributed by atoms with Gasteiger partial charge in [0.2, 0.25) is 0 Å². The molecule has 0 unspecified atom stereocenters. The van der Waals surface area contributed by atoms with Crippen LogP contribution in [0.4, 0.5) is 0 Å². The number of fused-ring (bicyclic) bond motifs is 8. The Labute approximate surface area is 225 Å². The summed E-state index contributed by atoms with van der Waals surface area (Å²) in [7, 11) is 0. The summed E-state index contributed by atoms with van der Waals surface area (Å²) in [5.41, 5.74) is 12.4. The monoisotopic (exact) mass is 494 g/mol. The minimum Gasteiger partial charge on any atom is -0.309 e. The second-order valence-electron chi connectivity index (χ2n) is 10.4. The van der Waals surface area contributed by atoms with Crippen LogP contribution in [0.3, 0.4) is 0 Å². The van der Waals surface area contributed by atoms with Gasteiger partial charge in [-0.15, -0.1) is 0 Å². The molecule has 1 aliphatic carbocycles. The molecule has 2 aromatic heterocycles. The van der Waals surface area contributed by atoms with Gasteiger partial charge in [0, 0.05) is 28.0 Å². The first-order valence-corrected chi connectivity index (χ1v) is 13.4. The first-order valence-electron chi connectivity index (χ1n) is 13.4. The molecule has 1 aliphatic rings. The zero-order valence-electron chi connectivity index (χ0n) is 21.1. The number of benzene rings is 6. The summed E-state index contributed by atoms with van der Waals surface area (Å²) in [6, 6.07) is 46.3. The molecule has 0 saturated carbocycles. The van der Waals surface area contributed by atoms with Crippen molar-refractivity contribution in [1.29, 1.82) is 0 Å². The minimum atomic E-state index is 1.05. The molecule has 0 amide bonds. The van der Waals surface area contributed by atoms with Crippen molar-refractivity contribution in [3.05, 3.63) is 134 Å². The van der Waals surface area contributed by atoms with Crippen LogP contribution in [-0.4, -0.2) is 9.55 Å². The second-order valence-corrected chi connectivity index (χ2v) is 10.4. The van der Waals surface area contributed by atoms with E-state index < -0.39 is 0 Å². The quantitative estimate of drug-likeness (QED) is 0.234. The number of nitrogens with zero attached hydrogens (tertiary/aromatic N) is 2. The van der Waals surface area contributed by atoms with Gasteiger partial charge >= 0.3 is 0 Å². The summed E-state index contributed by atoms with van der Waals surface area (Å²) in [6.45, 7) is 0. The largest absolute Gasteiger partial charge is 0.309 e. The van der Waals surface area contributed by atoms with Crippen LogP contribution < -0.4 is 0 Å². The molecule has 2 nitrogen and oxygen atoms in total. The molecule has 2 heterocycles. The lowest BCUT2D eigenvalue weighted by atomic mass is 9.94. The highest BCUT2D eigenvalue weighted by Gasteiger charge is 2.22. The third-order valence-corrected chi connectivity index (χ3v) is 8.37. The fraction of sp³-hybridized carbons (Fsp3) is 0. The number of para-hydroxylation sites is 1. The zero-order valence-corrected chi connectivity index (χ0v) is 21.1. The third-order valence-electron chi connectivity index (χ3n) is 8.37. The van der Waals surface area contributed by atoms with E-state index in [2.05, 4.69) is 126 Å². The molecule has 6 aromatic carbocycles. The Hall–Kier alpha value is -5.21. The minimum absolute atomic E-state index is 1.05. The smallest absolute Gasteiger partial charge is 0.0802 e. The molecular formula is C37H22N2. The molecule has 0 aliphatic heterocycles. The molecule has 180 valence electrons. The Kier molecular flexibility index (Phi) is 4.08. The zero-order chi connectivity index (χ0) is 25.5. The fourth-order valence-corrected chi connectivity index (χ4v) is 6.75. The lowest BCUT2D eigenvalue weighted by molar-refractivity contribution is 1.18. The molecule has 0 bridgehead atoms. The maximum Gasteiger partial charge on any atom is 0.0802 e. The van der Waals surface area contributed by atoms with Crippen molar-refractivity contribution in [2.24, 2.45) is 0 Å². The molecule has 8 aromatic rings. The SMILES string of the molecule is c1cc(-c2ccc3c4c(cccc24)-c2ccccc2-3)cc(-n2c3ccccc3c3c4ncccc4ccc32)c1. The van der Waals surface area contributed by atoms with Crippen LogP contribution in [-0.2, 0) is 0 Å². The van der Waals surface area contributed by atoms with Gasteiger partial charge in [0.1, 0.15) is 0 Å². The van der Waals surface area contributed by atoms with Crippen molar-refractivity contribution >= 4 is 43.5 Å². The van der Waals surface area contributed by atoms with Gasteiger partial charge in [-0.1, -0.05) is 97.1 Å². The van der Waals surface area contributed by atoms with E-state index in [1.54, 1.807) is 0 Å². The molecule has 0 fully saturated rings. The molecule has 2 heteroatoms. The van der Waals surface area contributed by atoms with Gasteiger partial charge in [0.15, 0.2) is 0 Å². The first kappa shape index (κ1) is 20.8. The molecular weight excluding hydrogens is 472 g/mol. The van der Waals surface area contributed by atoms with Crippen molar-refractivity contribution in [1.82, 2.24) is 9.55 Å². The third kappa shape index (κ3) is 2.78. The van der Waals surface area contributed by atoms with Gasteiger partial charge in [-0.3, -0.25) is 4.98 Å². The summed E-state index contributed by atoms with van der Waals surface area (Å²) in [4.78, 5) is 4.79. The van der Waals surface area contributed by atoms with E-state index in [0.717, 1.165) is 16.6 Å². The average molecular weight is 495 g/mol. The van der Waals surface area contributed by atoms with Crippen LogP contribution >= 0.6 is 0 Å². The molecule has 0 spiro atoms. The van der Waals surface area contributed by atoms with Crippen molar-refractivity contribution in [3.63, 3.8) is 0 Å². The summed E-state index contributed by atoms with van der Waals surface area (Å²) in [5.74, 6) is 0. The van der Waals surface area contributed by atoms with E-state index in [9.17, 15) is 0 Å². The van der Waals surface area contributed by atoms with Crippen molar-refractivity contribution < 1.29 is 0 Å². The number of aromatic nitrogens is 2. The summed E-state index contributed by atoms with van der Waals surface area (Å²) in [6.07, 6.45) is 1.89. The summed E-state index contributed by atoms with van der Waals surface area (Å²) < 4.78 is 2.39.